The zero-order valence-corrected chi connectivity index (χ0v) is 18.1. The van der Waals surface area contributed by atoms with Crippen LogP contribution in [0.4, 0.5) is 0 Å². The standard InChI is InChI=1S/C19H28ClN3O4S/c1-19(2,3)22-28(26,27)16-13-14(8-9-15(16)20)18(25)21-10-12-23-11-6-4-5-7-17(23)24/h8-9,13,22H,4-7,10-12H2,1-3H3,(H,21,25). The number of nitrogens with one attached hydrogen (secondary N) is 2. The number of amides is 2. The van der Waals surface area contributed by atoms with Gasteiger partial charge >= 0.3 is 0 Å². The Bertz CT molecular complexity index is 834. The summed E-state index contributed by atoms with van der Waals surface area (Å²) < 4.78 is 27.7. The predicted molar refractivity (Wildman–Crippen MR) is 109 cm³/mol. The van der Waals surface area contributed by atoms with E-state index in [9.17, 15) is 18.0 Å². The van der Waals surface area contributed by atoms with Crippen molar-refractivity contribution < 1.29 is 18.0 Å². The molecule has 0 aromatic heterocycles. The number of carbonyl (C=O) groups is 2. The van der Waals surface area contributed by atoms with Gasteiger partial charge in [0.05, 0.1) is 5.02 Å². The first-order valence-electron chi connectivity index (χ1n) is 9.39. The van der Waals surface area contributed by atoms with Crippen LogP contribution in [0.1, 0.15) is 56.8 Å². The minimum absolute atomic E-state index is 0.0449. The third kappa shape index (κ3) is 6.46. The van der Waals surface area contributed by atoms with E-state index in [1.165, 1.54) is 18.2 Å². The van der Waals surface area contributed by atoms with Crippen molar-refractivity contribution in [1.82, 2.24) is 14.9 Å². The highest BCUT2D eigenvalue weighted by molar-refractivity contribution is 7.89. The van der Waals surface area contributed by atoms with Gasteiger partial charge < -0.3 is 10.2 Å². The lowest BCUT2D eigenvalue weighted by Crippen LogP contribution is -2.40. The van der Waals surface area contributed by atoms with Crippen molar-refractivity contribution in [3.05, 3.63) is 28.8 Å². The molecule has 1 heterocycles. The van der Waals surface area contributed by atoms with Gasteiger partial charge in [-0.15, -0.1) is 0 Å². The van der Waals surface area contributed by atoms with Gasteiger partial charge in [0, 0.05) is 37.2 Å². The summed E-state index contributed by atoms with van der Waals surface area (Å²) in [6, 6.07) is 4.14. The Hall–Kier alpha value is -1.64. The second-order valence-electron chi connectivity index (χ2n) is 7.95. The fourth-order valence-corrected chi connectivity index (χ4v) is 4.94. The number of nitrogens with zero attached hydrogens (tertiary/aromatic N) is 1. The van der Waals surface area contributed by atoms with Gasteiger partial charge in [-0.1, -0.05) is 18.0 Å². The van der Waals surface area contributed by atoms with E-state index < -0.39 is 21.5 Å². The molecule has 0 atom stereocenters. The second-order valence-corrected chi connectivity index (χ2v) is 10.0. The molecule has 0 spiro atoms. The summed E-state index contributed by atoms with van der Waals surface area (Å²) in [5.41, 5.74) is -0.485. The average molecular weight is 430 g/mol. The van der Waals surface area contributed by atoms with Gasteiger partial charge in [-0.25, -0.2) is 13.1 Å². The van der Waals surface area contributed by atoms with Crippen molar-refractivity contribution in [2.45, 2.75) is 56.9 Å². The van der Waals surface area contributed by atoms with Gasteiger partial charge in [0.2, 0.25) is 15.9 Å². The lowest BCUT2D eigenvalue weighted by atomic mass is 10.1. The van der Waals surface area contributed by atoms with Crippen molar-refractivity contribution in [3.8, 4) is 0 Å². The quantitative estimate of drug-likeness (QED) is 0.726. The van der Waals surface area contributed by atoms with Crippen LogP contribution in [0.5, 0.6) is 0 Å². The van der Waals surface area contributed by atoms with E-state index >= 15 is 0 Å². The summed E-state index contributed by atoms with van der Waals surface area (Å²) in [7, 11) is -3.87. The fraction of sp³-hybridized carbons (Fsp3) is 0.579. The Balaban J connectivity index is 2.05. The molecule has 28 heavy (non-hydrogen) atoms. The third-order valence-electron chi connectivity index (χ3n) is 4.26. The predicted octanol–water partition coefficient (Wildman–Crippen LogP) is 2.55. The van der Waals surface area contributed by atoms with E-state index in [0.717, 1.165) is 19.3 Å². The molecule has 2 rings (SSSR count). The van der Waals surface area contributed by atoms with Crippen molar-refractivity contribution in [1.29, 1.82) is 0 Å². The van der Waals surface area contributed by atoms with Crippen LogP contribution in [-0.2, 0) is 14.8 Å². The van der Waals surface area contributed by atoms with E-state index in [0.29, 0.717) is 26.1 Å². The zero-order chi connectivity index (χ0) is 20.9. The van der Waals surface area contributed by atoms with Crippen LogP contribution < -0.4 is 10.0 Å². The highest BCUT2D eigenvalue weighted by Crippen LogP contribution is 2.24. The average Bonchev–Trinajstić information content (AvgIpc) is 2.77. The van der Waals surface area contributed by atoms with Crippen molar-refractivity contribution >= 4 is 33.4 Å². The zero-order valence-electron chi connectivity index (χ0n) is 16.5. The van der Waals surface area contributed by atoms with Gasteiger partial charge in [0.1, 0.15) is 4.90 Å². The monoisotopic (exact) mass is 429 g/mol. The van der Waals surface area contributed by atoms with E-state index in [-0.39, 0.29) is 21.4 Å². The number of sulfonamides is 1. The van der Waals surface area contributed by atoms with Gasteiger partial charge in [-0.05, 0) is 51.8 Å². The summed E-state index contributed by atoms with van der Waals surface area (Å²) in [5, 5.41) is 2.79. The van der Waals surface area contributed by atoms with Crippen molar-refractivity contribution in [3.63, 3.8) is 0 Å². The van der Waals surface area contributed by atoms with Crippen LogP contribution >= 0.6 is 11.6 Å². The molecular formula is C19H28ClN3O4S. The molecule has 2 amide bonds. The molecule has 156 valence electrons. The number of hydrogen-bond donors (Lipinski definition) is 2. The maximum Gasteiger partial charge on any atom is 0.251 e. The molecule has 0 aliphatic carbocycles. The van der Waals surface area contributed by atoms with Crippen LogP contribution in [0.2, 0.25) is 5.02 Å². The summed E-state index contributed by atoms with van der Waals surface area (Å²) in [5.74, 6) is -0.300. The molecule has 9 heteroatoms. The first-order valence-corrected chi connectivity index (χ1v) is 11.3. The summed E-state index contributed by atoms with van der Waals surface area (Å²) in [4.78, 5) is 26.1. The summed E-state index contributed by atoms with van der Waals surface area (Å²) in [6.07, 6.45) is 3.47. The number of hydrogen-bond acceptors (Lipinski definition) is 4. The lowest BCUT2D eigenvalue weighted by Gasteiger charge is -2.21. The molecule has 1 aromatic carbocycles. The van der Waals surface area contributed by atoms with E-state index in [1.54, 1.807) is 25.7 Å². The Labute approximate surface area is 171 Å². The maximum atomic E-state index is 12.6. The number of carbonyl (C=O) groups excluding carboxylic acids is 2. The third-order valence-corrected chi connectivity index (χ3v) is 6.50. The molecule has 0 unspecified atom stereocenters. The number of halogens is 1. The van der Waals surface area contributed by atoms with Gasteiger partial charge in [-0.3, -0.25) is 9.59 Å². The molecule has 2 N–H and O–H groups in total. The Kier molecular flexibility index (Phi) is 7.47. The van der Waals surface area contributed by atoms with Crippen LogP contribution in [0, 0.1) is 0 Å². The molecule has 7 nitrogen and oxygen atoms in total. The molecule has 1 aliphatic heterocycles. The maximum absolute atomic E-state index is 12.6. The lowest BCUT2D eigenvalue weighted by molar-refractivity contribution is -0.130. The molecule has 1 aromatic rings. The molecule has 0 saturated carbocycles. The minimum atomic E-state index is -3.87. The highest BCUT2D eigenvalue weighted by Gasteiger charge is 2.25. The second kappa shape index (κ2) is 9.24. The van der Waals surface area contributed by atoms with Gasteiger partial charge in [0.15, 0.2) is 0 Å². The summed E-state index contributed by atoms with van der Waals surface area (Å²) >= 11 is 6.06. The van der Waals surface area contributed by atoms with Crippen LogP contribution in [0.25, 0.3) is 0 Å². The SMILES string of the molecule is CC(C)(C)NS(=O)(=O)c1cc(C(=O)NCCN2CCCCCC2=O)ccc1Cl. The molecule has 1 fully saturated rings. The smallest absolute Gasteiger partial charge is 0.251 e. The Morgan fingerprint density at radius 2 is 1.93 bits per heavy atom. The van der Waals surface area contributed by atoms with Crippen molar-refractivity contribution in [2.24, 2.45) is 0 Å². The number of benzene rings is 1. The van der Waals surface area contributed by atoms with E-state index in [1.807, 2.05) is 0 Å². The van der Waals surface area contributed by atoms with Crippen LogP contribution in [0.15, 0.2) is 23.1 Å². The first-order chi connectivity index (χ1) is 13.0. The van der Waals surface area contributed by atoms with Gasteiger partial charge in [0.25, 0.3) is 5.91 Å². The Morgan fingerprint density at radius 1 is 1.21 bits per heavy atom. The van der Waals surface area contributed by atoms with E-state index in [4.69, 9.17) is 11.6 Å². The van der Waals surface area contributed by atoms with E-state index in [2.05, 4.69) is 10.0 Å². The number of rotatable bonds is 6. The Morgan fingerprint density at radius 3 is 2.61 bits per heavy atom. The molecule has 1 saturated heterocycles. The van der Waals surface area contributed by atoms with Crippen molar-refractivity contribution in [2.75, 3.05) is 19.6 Å². The highest BCUT2D eigenvalue weighted by atomic mass is 35.5. The van der Waals surface area contributed by atoms with Gasteiger partial charge in [-0.2, -0.15) is 0 Å². The summed E-state index contributed by atoms with van der Waals surface area (Å²) in [6.45, 7) is 6.61. The van der Waals surface area contributed by atoms with Crippen LogP contribution in [-0.4, -0.2) is 50.3 Å². The molecule has 0 bridgehead atoms. The first kappa shape index (κ1) is 22.6. The normalized spacial score (nSPS) is 16.0. The van der Waals surface area contributed by atoms with Crippen LogP contribution in [0.3, 0.4) is 0 Å². The largest absolute Gasteiger partial charge is 0.350 e. The number of likely N-dealkylation sites (tertiary alicyclic amines) is 1. The fourth-order valence-electron chi connectivity index (χ4n) is 2.99. The molecule has 1 aliphatic rings. The molecular weight excluding hydrogens is 402 g/mol. The topological polar surface area (TPSA) is 95.6 Å². The molecule has 0 radical (unpaired) electrons. The minimum Gasteiger partial charge on any atom is -0.350 e.